The first-order valence-corrected chi connectivity index (χ1v) is 11.6. The smallest absolute Gasteiger partial charge is 0.255 e. The maximum absolute atomic E-state index is 12.6. The van der Waals surface area contributed by atoms with E-state index in [0.29, 0.717) is 30.4 Å². The van der Waals surface area contributed by atoms with Crippen LogP contribution in [0.5, 0.6) is 5.75 Å². The van der Waals surface area contributed by atoms with Crippen molar-refractivity contribution in [3.63, 3.8) is 0 Å². The Balaban J connectivity index is 1.38. The summed E-state index contributed by atoms with van der Waals surface area (Å²) in [7, 11) is -3.47. The van der Waals surface area contributed by atoms with Crippen molar-refractivity contribution in [2.45, 2.75) is 49.5 Å². The number of amides is 1. The molecule has 0 atom stereocenters. The molecule has 29 heavy (non-hydrogen) atoms. The number of hydrogen-bond acceptors (Lipinski definition) is 4. The zero-order chi connectivity index (χ0) is 20.3. The third-order valence-electron chi connectivity index (χ3n) is 5.54. The van der Waals surface area contributed by atoms with E-state index in [0.717, 1.165) is 31.4 Å². The molecule has 7 heteroatoms. The monoisotopic (exact) mass is 414 g/mol. The number of carbonyl (C=O) groups is 1. The fourth-order valence-electron chi connectivity index (χ4n) is 3.87. The van der Waals surface area contributed by atoms with Gasteiger partial charge in [0.05, 0.1) is 11.0 Å². The van der Waals surface area contributed by atoms with Gasteiger partial charge in [-0.25, -0.2) is 8.42 Å². The molecule has 6 nitrogen and oxygen atoms in total. The highest BCUT2D eigenvalue weighted by Crippen LogP contribution is 2.25. The van der Waals surface area contributed by atoms with E-state index in [4.69, 9.17) is 4.74 Å². The molecule has 0 spiro atoms. The minimum absolute atomic E-state index is 0.226. The van der Waals surface area contributed by atoms with Gasteiger partial charge in [0.2, 0.25) is 10.0 Å². The second-order valence-electron chi connectivity index (χ2n) is 7.64. The third kappa shape index (κ3) is 4.62. The minimum atomic E-state index is -3.47. The van der Waals surface area contributed by atoms with Crippen molar-refractivity contribution in [3.05, 3.63) is 54.1 Å². The summed E-state index contributed by atoms with van der Waals surface area (Å²) in [4.78, 5) is 12.7. The number of nitrogens with zero attached hydrogens (tertiary/aromatic N) is 1. The molecule has 0 bridgehead atoms. The topological polar surface area (TPSA) is 75.7 Å². The first-order chi connectivity index (χ1) is 14.0. The molecule has 1 saturated heterocycles. The highest BCUT2D eigenvalue weighted by Gasteiger charge is 2.27. The van der Waals surface area contributed by atoms with Crippen LogP contribution < -0.4 is 10.1 Å². The number of rotatable bonds is 6. The van der Waals surface area contributed by atoms with Gasteiger partial charge >= 0.3 is 0 Å². The Kier molecular flexibility index (Phi) is 5.87. The van der Waals surface area contributed by atoms with Crippen LogP contribution in [0.25, 0.3) is 0 Å². The molecule has 2 aromatic carbocycles. The molecular formula is C22H26N2O4S. The summed E-state index contributed by atoms with van der Waals surface area (Å²) in [6.07, 6.45) is 6.72. The van der Waals surface area contributed by atoms with Crippen LogP contribution in [0.4, 0.5) is 5.69 Å². The molecule has 1 aliphatic carbocycles. The van der Waals surface area contributed by atoms with Crippen LogP contribution in [-0.2, 0) is 10.0 Å². The van der Waals surface area contributed by atoms with Gasteiger partial charge in [0.15, 0.2) is 0 Å². The number of nitrogens with one attached hydrogen (secondary N) is 1. The van der Waals surface area contributed by atoms with Crippen molar-refractivity contribution in [3.8, 4) is 5.75 Å². The first kappa shape index (κ1) is 19.9. The molecule has 1 heterocycles. The molecule has 0 aromatic heterocycles. The summed E-state index contributed by atoms with van der Waals surface area (Å²) in [5.41, 5.74) is 1.08. The van der Waals surface area contributed by atoms with Gasteiger partial charge < -0.3 is 10.1 Å². The zero-order valence-corrected chi connectivity index (χ0v) is 17.2. The summed E-state index contributed by atoms with van der Waals surface area (Å²) in [5, 5.41) is 2.84. The maximum atomic E-state index is 12.6. The second kappa shape index (κ2) is 8.55. The summed E-state index contributed by atoms with van der Waals surface area (Å²) in [5.74, 6) is 0.533. The van der Waals surface area contributed by atoms with Gasteiger partial charge in [0.25, 0.3) is 5.91 Å². The first-order valence-electron chi connectivity index (χ1n) is 10.2. The largest absolute Gasteiger partial charge is 0.490 e. The lowest BCUT2D eigenvalue weighted by molar-refractivity contribution is 0.102. The molecule has 1 amide bonds. The Morgan fingerprint density at radius 1 is 0.897 bits per heavy atom. The van der Waals surface area contributed by atoms with E-state index < -0.39 is 10.0 Å². The van der Waals surface area contributed by atoms with Crippen molar-refractivity contribution in [2.75, 3.05) is 18.4 Å². The van der Waals surface area contributed by atoms with Gasteiger partial charge in [0.1, 0.15) is 5.75 Å². The van der Waals surface area contributed by atoms with Crippen molar-refractivity contribution in [1.82, 2.24) is 4.31 Å². The molecular weight excluding hydrogens is 388 g/mol. The minimum Gasteiger partial charge on any atom is -0.490 e. The summed E-state index contributed by atoms with van der Waals surface area (Å²) >= 11 is 0. The predicted octanol–water partition coefficient (Wildman–Crippen LogP) is 4.04. The lowest BCUT2D eigenvalue weighted by Gasteiger charge is -2.15. The van der Waals surface area contributed by atoms with Crippen LogP contribution in [0.15, 0.2) is 53.4 Å². The third-order valence-corrected chi connectivity index (χ3v) is 7.45. The summed E-state index contributed by atoms with van der Waals surface area (Å²) < 4.78 is 32.6. The van der Waals surface area contributed by atoms with E-state index in [1.54, 1.807) is 12.1 Å². The summed E-state index contributed by atoms with van der Waals surface area (Å²) in [6.45, 7) is 1.12. The van der Waals surface area contributed by atoms with Crippen molar-refractivity contribution >= 4 is 21.6 Å². The molecule has 0 radical (unpaired) electrons. The van der Waals surface area contributed by atoms with E-state index in [2.05, 4.69) is 5.32 Å². The maximum Gasteiger partial charge on any atom is 0.255 e. The Hall–Kier alpha value is -2.38. The van der Waals surface area contributed by atoms with Gasteiger partial charge in [-0.15, -0.1) is 0 Å². The normalized spacial score (nSPS) is 18.1. The number of benzene rings is 2. The van der Waals surface area contributed by atoms with E-state index >= 15 is 0 Å². The Morgan fingerprint density at radius 2 is 1.52 bits per heavy atom. The van der Waals surface area contributed by atoms with Crippen LogP contribution in [0.3, 0.4) is 0 Å². The van der Waals surface area contributed by atoms with E-state index in [1.807, 2.05) is 24.3 Å². The van der Waals surface area contributed by atoms with Crippen molar-refractivity contribution in [2.24, 2.45) is 0 Å². The van der Waals surface area contributed by atoms with Crippen LogP contribution >= 0.6 is 0 Å². The van der Waals surface area contributed by atoms with Gasteiger partial charge in [-0.3, -0.25) is 4.79 Å². The van der Waals surface area contributed by atoms with Gasteiger partial charge in [0, 0.05) is 24.3 Å². The average Bonchev–Trinajstić information content (AvgIpc) is 3.44. The lowest BCUT2D eigenvalue weighted by Crippen LogP contribution is -2.27. The Morgan fingerprint density at radius 3 is 2.14 bits per heavy atom. The number of anilines is 1. The second-order valence-corrected chi connectivity index (χ2v) is 9.58. The summed E-state index contributed by atoms with van der Waals surface area (Å²) in [6, 6.07) is 13.5. The fraction of sp³-hybridized carbons (Fsp3) is 0.409. The molecule has 2 aromatic rings. The number of hydrogen-bond donors (Lipinski definition) is 1. The lowest BCUT2D eigenvalue weighted by atomic mass is 10.2. The average molecular weight is 415 g/mol. The quantitative estimate of drug-likeness (QED) is 0.774. The molecule has 0 unspecified atom stereocenters. The van der Waals surface area contributed by atoms with Crippen molar-refractivity contribution in [1.29, 1.82) is 0 Å². The molecule has 2 fully saturated rings. The predicted molar refractivity (Wildman–Crippen MR) is 112 cm³/mol. The molecule has 1 aliphatic heterocycles. The molecule has 1 N–H and O–H groups in total. The van der Waals surface area contributed by atoms with Crippen LogP contribution in [0.2, 0.25) is 0 Å². The SMILES string of the molecule is O=C(Nc1ccc(OC2CCCC2)cc1)c1ccc(S(=O)(=O)N2CCCC2)cc1. The number of ether oxygens (including phenoxy) is 1. The standard InChI is InChI=1S/C22H26N2O4S/c25-22(23-18-9-11-20(12-10-18)28-19-5-1-2-6-19)17-7-13-21(14-8-17)29(26,27)24-15-3-4-16-24/h7-14,19H,1-6,15-16H2,(H,23,25). The highest BCUT2D eigenvalue weighted by molar-refractivity contribution is 7.89. The Bertz CT molecular complexity index is 943. The Labute approximate surface area is 171 Å². The van der Waals surface area contributed by atoms with E-state index in [9.17, 15) is 13.2 Å². The van der Waals surface area contributed by atoms with Gasteiger partial charge in [-0.2, -0.15) is 4.31 Å². The number of sulfonamides is 1. The van der Waals surface area contributed by atoms with Crippen LogP contribution in [-0.4, -0.2) is 37.8 Å². The molecule has 154 valence electrons. The molecule has 1 saturated carbocycles. The van der Waals surface area contributed by atoms with Gasteiger partial charge in [-0.1, -0.05) is 0 Å². The van der Waals surface area contributed by atoms with Gasteiger partial charge in [-0.05, 0) is 87.1 Å². The molecule has 4 rings (SSSR count). The zero-order valence-electron chi connectivity index (χ0n) is 16.3. The molecule has 2 aliphatic rings. The van der Waals surface area contributed by atoms with Crippen molar-refractivity contribution < 1.29 is 17.9 Å². The number of carbonyl (C=O) groups excluding carboxylic acids is 1. The van der Waals surface area contributed by atoms with E-state index in [1.165, 1.54) is 29.3 Å². The highest BCUT2D eigenvalue weighted by atomic mass is 32.2. The van der Waals surface area contributed by atoms with Crippen LogP contribution in [0, 0.1) is 0 Å². The van der Waals surface area contributed by atoms with Crippen LogP contribution in [0.1, 0.15) is 48.9 Å². The van der Waals surface area contributed by atoms with E-state index in [-0.39, 0.29) is 10.8 Å². The fourth-order valence-corrected chi connectivity index (χ4v) is 5.39.